The summed E-state index contributed by atoms with van der Waals surface area (Å²) in [4.78, 5) is 13.4. The Hall–Kier alpha value is -2.01. The third-order valence-electron chi connectivity index (χ3n) is 3.89. The molecule has 0 fully saturated rings. The van der Waals surface area contributed by atoms with Crippen molar-refractivity contribution in [2.45, 2.75) is 23.8 Å². The Balaban J connectivity index is 1.73. The second kappa shape index (κ2) is 7.04. The molecule has 1 atom stereocenters. The van der Waals surface area contributed by atoms with Gasteiger partial charge < -0.3 is 10.1 Å². The van der Waals surface area contributed by atoms with E-state index in [-0.39, 0.29) is 24.2 Å². The fourth-order valence-electron chi connectivity index (χ4n) is 2.78. The molecule has 23 heavy (non-hydrogen) atoms. The second-order valence-corrected chi connectivity index (χ2v) is 6.56. The molecule has 2 aromatic carbocycles. The van der Waals surface area contributed by atoms with E-state index in [1.165, 1.54) is 12.1 Å². The number of methoxy groups -OCH3 is 1. The number of hydrogen-bond acceptors (Lipinski definition) is 3. The van der Waals surface area contributed by atoms with Crippen molar-refractivity contribution < 1.29 is 13.9 Å². The van der Waals surface area contributed by atoms with Crippen LogP contribution in [0, 0.1) is 5.82 Å². The first-order chi connectivity index (χ1) is 11.2. The van der Waals surface area contributed by atoms with Crippen LogP contribution in [0.3, 0.4) is 0 Å². The number of carbonyl (C=O) groups excluding carboxylic acids is 1. The summed E-state index contributed by atoms with van der Waals surface area (Å²) in [5.41, 5.74) is 1.71. The molecule has 2 aromatic rings. The van der Waals surface area contributed by atoms with Crippen molar-refractivity contribution in [3.05, 3.63) is 59.4 Å². The lowest BCUT2D eigenvalue weighted by molar-refractivity contribution is -0.121. The van der Waals surface area contributed by atoms with Crippen molar-refractivity contribution in [3.8, 4) is 5.75 Å². The van der Waals surface area contributed by atoms with Crippen LogP contribution in [-0.4, -0.2) is 18.8 Å². The van der Waals surface area contributed by atoms with Crippen LogP contribution in [0.1, 0.15) is 23.6 Å². The maximum Gasteiger partial charge on any atom is 0.225 e. The molecule has 5 heteroatoms. The number of halogens is 1. The Morgan fingerprint density at radius 2 is 2.17 bits per heavy atom. The predicted octanol–water partition coefficient (Wildman–Crippen LogP) is 3.73. The normalized spacial score (nSPS) is 16.5. The summed E-state index contributed by atoms with van der Waals surface area (Å²) in [6.45, 7) is 0. The Kier molecular flexibility index (Phi) is 4.86. The lowest BCUT2D eigenvalue weighted by Crippen LogP contribution is -2.32. The lowest BCUT2D eigenvalue weighted by Gasteiger charge is -2.26. The van der Waals surface area contributed by atoms with Gasteiger partial charge in [0.05, 0.1) is 19.6 Å². The van der Waals surface area contributed by atoms with Crippen LogP contribution in [0.2, 0.25) is 0 Å². The molecule has 1 aliphatic heterocycles. The highest BCUT2D eigenvalue weighted by Crippen LogP contribution is 2.36. The highest BCUT2D eigenvalue weighted by atomic mass is 32.2. The summed E-state index contributed by atoms with van der Waals surface area (Å²) < 4.78 is 18.8. The Morgan fingerprint density at radius 1 is 1.35 bits per heavy atom. The quantitative estimate of drug-likeness (QED) is 0.928. The number of amides is 1. The number of thioether (sulfide) groups is 1. The average Bonchev–Trinajstić information content (AvgIpc) is 2.56. The van der Waals surface area contributed by atoms with Crippen molar-refractivity contribution in [1.29, 1.82) is 0 Å². The van der Waals surface area contributed by atoms with Crippen LogP contribution in [-0.2, 0) is 11.2 Å². The van der Waals surface area contributed by atoms with E-state index in [0.29, 0.717) is 5.75 Å². The zero-order valence-electron chi connectivity index (χ0n) is 12.8. The lowest BCUT2D eigenvalue weighted by atomic mass is 10.0. The fraction of sp³-hybridized carbons (Fsp3) is 0.278. The van der Waals surface area contributed by atoms with E-state index in [9.17, 15) is 9.18 Å². The minimum atomic E-state index is -0.268. The zero-order chi connectivity index (χ0) is 16.2. The van der Waals surface area contributed by atoms with Gasteiger partial charge in [0, 0.05) is 16.2 Å². The molecule has 0 radical (unpaired) electrons. The number of carbonyl (C=O) groups is 1. The number of para-hydroxylation sites is 1. The van der Waals surface area contributed by atoms with Crippen molar-refractivity contribution in [1.82, 2.24) is 5.32 Å². The van der Waals surface area contributed by atoms with Gasteiger partial charge in [-0.2, -0.15) is 0 Å². The molecule has 1 aliphatic rings. The molecule has 0 saturated carbocycles. The SMILES string of the molecule is COc1ccccc1CC(=O)NC1CCSc2ccc(F)cc21. The van der Waals surface area contributed by atoms with E-state index in [1.807, 2.05) is 24.3 Å². The number of hydrogen-bond donors (Lipinski definition) is 1. The first-order valence-electron chi connectivity index (χ1n) is 7.51. The molecule has 120 valence electrons. The van der Waals surface area contributed by atoms with E-state index in [4.69, 9.17) is 4.74 Å². The van der Waals surface area contributed by atoms with Crippen molar-refractivity contribution in [3.63, 3.8) is 0 Å². The van der Waals surface area contributed by atoms with Crippen LogP contribution >= 0.6 is 11.8 Å². The molecule has 3 nitrogen and oxygen atoms in total. The molecule has 0 saturated heterocycles. The molecular formula is C18H18FNO2S. The van der Waals surface area contributed by atoms with Crippen LogP contribution < -0.4 is 10.1 Å². The largest absolute Gasteiger partial charge is 0.496 e. The third kappa shape index (κ3) is 3.67. The maximum atomic E-state index is 13.5. The summed E-state index contributed by atoms with van der Waals surface area (Å²) in [7, 11) is 1.59. The van der Waals surface area contributed by atoms with Crippen molar-refractivity contribution >= 4 is 17.7 Å². The van der Waals surface area contributed by atoms with E-state index < -0.39 is 0 Å². The minimum absolute atomic E-state index is 0.0818. The van der Waals surface area contributed by atoms with E-state index in [2.05, 4.69) is 5.32 Å². The Bertz CT molecular complexity index is 720. The molecule has 1 N–H and O–H groups in total. The van der Waals surface area contributed by atoms with Crippen molar-refractivity contribution in [2.75, 3.05) is 12.9 Å². The van der Waals surface area contributed by atoms with Gasteiger partial charge >= 0.3 is 0 Å². The standard InChI is InChI=1S/C18H18FNO2S/c1-22-16-5-3-2-4-12(16)10-18(21)20-15-8-9-23-17-7-6-13(19)11-14(15)17/h2-7,11,15H,8-10H2,1H3,(H,20,21). The van der Waals surface area contributed by atoms with Gasteiger partial charge in [-0.3, -0.25) is 4.79 Å². The predicted molar refractivity (Wildman–Crippen MR) is 89.3 cm³/mol. The zero-order valence-corrected chi connectivity index (χ0v) is 13.7. The first-order valence-corrected chi connectivity index (χ1v) is 8.49. The summed E-state index contributed by atoms with van der Waals surface area (Å²) in [5.74, 6) is 1.27. The number of benzene rings is 2. The van der Waals surface area contributed by atoms with Gasteiger partial charge in [0.2, 0.25) is 5.91 Å². The van der Waals surface area contributed by atoms with E-state index in [1.54, 1.807) is 24.9 Å². The Morgan fingerprint density at radius 3 is 3.00 bits per heavy atom. The molecule has 3 rings (SSSR count). The van der Waals surface area contributed by atoms with Gasteiger partial charge in [0.1, 0.15) is 11.6 Å². The second-order valence-electron chi connectivity index (χ2n) is 5.43. The summed E-state index contributed by atoms with van der Waals surface area (Å²) in [6.07, 6.45) is 1.05. The highest BCUT2D eigenvalue weighted by Gasteiger charge is 2.23. The molecule has 0 aromatic heterocycles. The number of nitrogens with one attached hydrogen (secondary N) is 1. The summed E-state index contributed by atoms with van der Waals surface area (Å²) in [5, 5.41) is 3.03. The van der Waals surface area contributed by atoms with E-state index in [0.717, 1.165) is 28.2 Å². The highest BCUT2D eigenvalue weighted by molar-refractivity contribution is 7.99. The van der Waals surface area contributed by atoms with Gasteiger partial charge in [0.25, 0.3) is 0 Å². The first kappa shape index (κ1) is 15.9. The topological polar surface area (TPSA) is 38.3 Å². The maximum absolute atomic E-state index is 13.5. The van der Waals surface area contributed by atoms with Crippen molar-refractivity contribution in [2.24, 2.45) is 0 Å². The third-order valence-corrected chi connectivity index (χ3v) is 5.01. The average molecular weight is 331 g/mol. The van der Waals surface area contributed by atoms with Gasteiger partial charge in [0.15, 0.2) is 0 Å². The molecule has 1 amide bonds. The summed E-state index contributed by atoms with van der Waals surface area (Å²) >= 11 is 1.70. The smallest absolute Gasteiger partial charge is 0.225 e. The van der Waals surface area contributed by atoms with Crippen LogP contribution in [0.15, 0.2) is 47.4 Å². The molecule has 1 heterocycles. The summed E-state index contributed by atoms with van der Waals surface area (Å²) in [6, 6.07) is 12.1. The Labute approximate surface area is 139 Å². The number of ether oxygens (including phenoxy) is 1. The molecule has 0 spiro atoms. The molecule has 0 aliphatic carbocycles. The molecular weight excluding hydrogens is 313 g/mol. The van der Waals surface area contributed by atoms with Gasteiger partial charge in [-0.05, 0) is 36.2 Å². The van der Waals surface area contributed by atoms with E-state index >= 15 is 0 Å². The van der Waals surface area contributed by atoms with Crippen LogP contribution in [0.4, 0.5) is 4.39 Å². The fourth-order valence-corrected chi connectivity index (χ4v) is 3.89. The monoisotopic (exact) mass is 331 g/mol. The van der Waals surface area contributed by atoms with Gasteiger partial charge in [-0.1, -0.05) is 18.2 Å². The number of rotatable bonds is 4. The van der Waals surface area contributed by atoms with Gasteiger partial charge in [-0.25, -0.2) is 4.39 Å². The van der Waals surface area contributed by atoms with Gasteiger partial charge in [-0.15, -0.1) is 11.8 Å². The minimum Gasteiger partial charge on any atom is -0.496 e. The molecule has 0 bridgehead atoms. The van der Waals surface area contributed by atoms with Crippen LogP contribution in [0.5, 0.6) is 5.75 Å². The van der Waals surface area contributed by atoms with Crippen LogP contribution in [0.25, 0.3) is 0 Å². The molecule has 1 unspecified atom stereocenters. The number of fused-ring (bicyclic) bond motifs is 1.